The van der Waals surface area contributed by atoms with Crippen LogP contribution in [0.4, 0.5) is 10.1 Å². The van der Waals surface area contributed by atoms with Gasteiger partial charge in [0, 0.05) is 10.4 Å². The van der Waals surface area contributed by atoms with Crippen LogP contribution in [0.15, 0.2) is 47.3 Å². The number of aromatic amines is 1. The summed E-state index contributed by atoms with van der Waals surface area (Å²) in [7, 11) is 0. The van der Waals surface area contributed by atoms with E-state index in [0.717, 1.165) is 24.1 Å². The largest absolute Gasteiger partial charge is 0.394 e. The third-order valence-electron chi connectivity index (χ3n) is 5.19. The van der Waals surface area contributed by atoms with E-state index in [1.54, 1.807) is 0 Å². The second-order valence-corrected chi connectivity index (χ2v) is 7.16. The minimum Gasteiger partial charge on any atom is -0.394 e. The maximum Gasteiger partial charge on any atom is 0.280 e. The van der Waals surface area contributed by atoms with Crippen LogP contribution in [-0.2, 0) is 5.41 Å². The Morgan fingerprint density at radius 1 is 1.19 bits per heavy atom. The van der Waals surface area contributed by atoms with Gasteiger partial charge in [-0.15, -0.1) is 0 Å². The third-order valence-corrected chi connectivity index (χ3v) is 5.44. The maximum atomic E-state index is 13.5. The minimum atomic E-state index is -0.476. The van der Waals surface area contributed by atoms with Crippen LogP contribution in [-0.4, -0.2) is 14.6 Å². The molecule has 1 aliphatic carbocycles. The molecule has 1 aliphatic rings. The number of H-pyrrole nitrogens is 1. The normalized spacial score (nSPS) is 15.6. The SMILES string of the molecule is Nc1c(C2(c3ccc(Cl)cc3)CC2)[nH]n2c(=O)c3cc(F)ccc3nc12. The molecule has 2 aromatic carbocycles. The van der Waals surface area contributed by atoms with Crippen molar-refractivity contribution in [2.24, 2.45) is 0 Å². The van der Waals surface area contributed by atoms with Gasteiger partial charge in [-0.3, -0.25) is 9.89 Å². The molecule has 130 valence electrons. The molecule has 0 amide bonds. The van der Waals surface area contributed by atoms with Gasteiger partial charge in [-0.05, 0) is 48.7 Å². The number of hydrogen-bond acceptors (Lipinski definition) is 3. The van der Waals surface area contributed by atoms with Crippen molar-refractivity contribution in [2.45, 2.75) is 18.3 Å². The van der Waals surface area contributed by atoms with Gasteiger partial charge >= 0.3 is 0 Å². The molecule has 0 bridgehead atoms. The van der Waals surface area contributed by atoms with E-state index >= 15 is 0 Å². The molecule has 3 N–H and O–H groups in total. The van der Waals surface area contributed by atoms with Gasteiger partial charge in [-0.25, -0.2) is 9.37 Å². The highest BCUT2D eigenvalue weighted by Gasteiger charge is 2.49. The molecule has 2 aromatic heterocycles. The molecule has 26 heavy (non-hydrogen) atoms. The number of benzene rings is 2. The Morgan fingerprint density at radius 3 is 2.62 bits per heavy atom. The van der Waals surface area contributed by atoms with Crippen molar-refractivity contribution in [1.29, 1.82) is 0 Å². The minimum absolute atomic E-state index is 0.214. The van der Waals surface area contributed by atoms with E-state index in [1.807, 2.05) is 24.3 Å². The summed E-state index contributed by atoms with van der Waals surface area (Å²) >= 11 is 6.00. The zero-order chi connectivity index (χ0) is 18.1. The summed E-state index contributed by atoms with van der Waals surface area (Å²) in [5.74, 6) is -0.476. The predicted molar refractivity (Wildman–Crippen MR) is 99.2 cm³/mol. The highest BCUT2D eigenvalue weighted by atomic mass is 35.5. The summed E-state index contributed by atoms with van der Waals surface area (Å²) in [6.07, 6.45) is 1.82. The Morgan fingerprint density at radius 2 is 1.92 bits per heavy atom. The van der Waals surface area contributed by atoms with Crippen molar-refractivity contribution in [3.05, 3.63) is 74.9 Å². The molecular formula is C19H14ClFN4O. The zero-order valence-corrected chi connectivity index (χ0v) is 14.3. The number of nitrogens with zero attached hydrogens (tertiary/aromatic N) is 2. The molecule has 0 unspecified atom stereocenters. The van der Waals surface area contributed by atoms with Crippen LogP contribution in [0.5, 0.6) is 0 Å². The Labute approximate surface area is 152 Å². The second-order valence-electron chi connectivity index (χ2n) is 6.73. The van der Waals surface area contributed by atoms with Crippen molar-refractivity contribution in [3.8, 4) is 0 Å². The standard InChI is InChI=1S/C19H14ClFN4O/c20-11-3-1-10(2-4-11)19(7-8-19)16-15(22)17-23-14-6-5-12(21)9-13(14)18(26)25(17)24-16/h1-6,9,24H,7-8,22H2. The fraction of sp³-hybridized carbons (Fsp3) is 0.158. The van der Waals surface area contributed by atoms with Crippen LogP contribution in [0.2, 0.25) is 5.02 Å². The number of nitrogens with one attached hydrogen (secondary N) is 1. The fourth-order valence-corrected chi connectivity index (χ4v) is 3.79. The van der Waals surface area contributed by atoms with Crippen molar-refractivity contribution in [3.63, 3.8) is 0 Å². The molecule has 0 atom stereocenters. The molecule has 0 aliphatic heterocycles. The van der Waals surface area contributed by atoms with Gasteiger partial charge in [0.25, 0.3) is 5.56 Å². The van der Waals surface area contributed by atoms with Crippen LogP contribution >= 0.6 is 11.6 Å². The van der Waals surface area contributed by atoms with Gasteiger partial charge in [0.2, 0.25) is 0 Å². The third kappa shape index (κ3) is 2.02. The van der Waals surface area contributed by atoms with E-state index in [9.17, 15) is 9.18 Å². The van der Waals surface area contributed by atoms with Crippen molar-refractivity contribution >= 4 is 33.8 Å². The van der Waals surface area contributed by atoms with E-state index in [2.05, 4.69) is 10.1 Å². The number of hydrogen-bond donors (Lipinski definition) is 2. The van der Waals surface area contributed by atoms with Gasteiger partial charge in [0.15, 0.2) is 5.65 Å². The Bertz CT molecular complexity index is 1240. The van der Waals surface area contributed by atoms with Crippen molar-refractivity contribution < 1.29 is 4.39 Å². The van der Waals surface area contributed by atoms with Gasteiger partial charge in [-0.1, -0.05) is 23.7 Å². The summed E-state index contributed by atoms with van der Waals surface area (Å²) < 4.78 is 14.8. The van der Waals surface area contributed by atoms with Crippen molar-refractivity contribution in [2.75, 3.05) is 5.73 Å². The molecule has 0 radical (unpaired) electrons. The first kappa shape index (κ1) is 15.4. The van der Waals surface area contributed by atoms with E-state index in [0.29, 0.717) is 21.9 Å². The lowest BCUT2D eigenvalue weighted by molar-refractivity contribution is 0.629. The number of aromatic nitrogens is 3. The number of rotatable bonds is 2. The van der Waals surface area contributed by atoms with E-state index in [4.69, 9.17) is 17.3 Å². The Kier molecular flexibility index (Phi) is 3.01. The highest BCUT2D eigenvalue weighted by molar-refractivity contribution is 6.30. The first-order chi connectivity index (χ1) is 12.5. The molecule has 7 heteroatoms. The molecular weight excluding hydrogens is 355 g/mol. The lowest BCUT2D eigenvalue weighted by atomic mass is 9.92. The van der Waals surface area contributed by atoms with Crippen LogP contribution in [0.1, 0.15) is 24.1 Å². The van der Waals surface area contributed by atoms with Crippen LogP contribution in [0, 0.1) is 5.82 Å². The van der Waals surface area contributed by atoms with Crippen LogP contribution in [0.25, 0.3) is 16.6 Å². The molecule has 0 saturated heterocycles. The average molecular weight is 369 g/mol. The summed E-state index contributed by atoms with van der Waals surface area (Å²) in [6, 6.07) is 11.6. The molecule has 1 saturated carbocycles. The first-order valence-corrected chi connectivity index (χ1v) is 8.63. The van der Waals surface area contributed by atoms with E-state index in [1.165, 1.54) is 22.7 Å². The summed E-state index contributed by atoms with van der Waals surface area (Å²) in [4.78, 5) is 17.3. The second kappa shape index (κ2) is 5.08. The number of nitrogen functional groups attached to an aromatic ring is 1. The summed E-state index contributed by atoms with van der Waals surface area (Å²) in [5.41, 5.74) is 8.81. The molecule has 0 spiro atoms. The number of nitrogens with two attached hydrogens (primary N) is 1. The summed E-state index contributed by atoms with van der Waals surface area (Å²) in [5, 5.41) is 4.00. The molecule has 5 rings (SSSR count). The highest BCUT2D eigenvalue weighted by Crippen LogP contribution is 2.55. The lowest BCUT2D eigenvalue weighted by Gasteiger charge is -2.14. The average Bonchev–Trinajstić information content (AvgIpc) is 3.36. The molecule has 2 heterocycles. The van der Waals surface area contributed by atoms with Gasteiger partial charge in [0.05, 0.1) is 22.3 Å². The van der Waals surface area contributed by atoms with Gasteiger partial charge in [0.1, 0.15) is 5.82 Å². The van der Waals surface area contributed by atoms with Crippen LogP contribution in [0.3, 0.4) is 0 Å². The lowest BCUT2D eigenvalue weighted by Crippen LogP contribution is -2.17. The maximum absolute atomic E-state index is 13.5. The quantitative estimate of drug-likeness (QED) is 0.567. The smallest absolute Gasteiger partial charge is 0.280 e. The van der Waals surface area contributed by atoms with Gasteiger partial charge in [-0.2, -0.15) is 4.52 Å². The topological polar surface area (TPSA) is 76.2 Å². The molecule has 5 nitrogen and oxygen atoms in total. The monoisotopic (exact) mass is 368 g/mol. The van der Waals surface area contributed by atoms with Crippen LogP contribution < -0.4 is 11.3 Å². The molecule has 4 aromatic rings. The summed E-state index contributed by atoms with van der Waals surface area (Å²) in [6.45, 7) is 0. The number of anilines is 1. The van der Waals surface area contributed by atoms with Crippen molar-refractivity contribution in [1.82, 2.24) is 14.6 Å². The Balaban J connectivity index is 1.78. The predicted octanol–water partition coefficient (Wildman–Crippen LogP) is 3.63. The van der Waals surface area contributed by atoms with E-state index < -0.39 is 5.82 Å². The number of fused-ring (bicyclic) bond motifs is 2. The van der Waals surface area contributed by atoms with E-state index in [-0.39, 0.29) is 16.4 Å². The molecule has 1 fully saturated rings. The van der Waals surface area contributed by atoms with Gasteiger partial charge < -0.3 is 5.73 Å². The zero-order valence-electron chi connectivity index (χ0n) is 13.6. The fourth-order valence-electron chi connectivity index (χ4n) is 3.67. The number of halogens is 2. The Hall–Kier alpha value is -2.86. The first-order valence-electron chi connectivity index (χ1n) is 8.26.